The van der Waals surface area contributed by atoms with Crippen LogP contribution < -0.4 is 5.32 Å². The molecule has 1 heterocycles. The van der Waals surface area contributed by atoms with Gasteiger partial charge in [0.2, 0.25) is 10.0 Å². The molecule has 9 heteroatoms. The normalized spacial score (nSPS) is 19.2. The molecule has 1 aliphatic carbocycles. The number of hydrogen-bond acceptors (Lipinski definition) is 4. The molecular weight excluding hydrogens is 527 g/mol. The van der Waals surface area contributed by atoms with Crippen LogP contribution in [0.4, 0.5) is 0 Å². The molecule has 2 aliphatic rings. The van der Waals surface area contributed by atoms with Crippen LogP contribution >= 0.6 is 24.0 Å². The fourth-order valence-electron chi connectivity index (χ4n) is 3.83. The molecule has 0 radical (unpaired) electrons. The Morgan fingerprint density at radius 1 is 1.16 bits per heavy atom. The van der Waals surface area contributed by atoms with Crippen molar-refractivity contribution in [2.45, 2.75) is 45.1 Å². The van der Waals surface area contributed by atoms with Gasteiger partial charge in [-0.25, -0.2) is 8.42 Å². The van der Waals surface area contributed by atoms with Crippen LogP contribution in [-0.4, -0.2) is 81.3 Å². The Morgan fingerprint density at radius 3 is 2.35 bits per heavy atom. The van der Waals surface area contributed by atoms with Gasteiger partial charge < -0.3 is 15.0 Å². The van der Waals surface area contributed by atoms with Crippen molar-refractivity contribution < 1.29 is 13.2 Å². The Morgan fingerprint density at radius 2 is 1.81 bits per heavy atom. The minimum absolute atomic E-state index is 0. The Bertz CT molecular complexity index is 805. The van der Waals surface area contributed by atoms with Gasteiger partial charge in [-0.3, -0.25) is 4.99 Å². The van der Waals surface area contributed by atoms with E-state index in [0.717, 1.165) is 19.0 Å². The molecular formula is C22H37IN4O3S. The summed E-state index contributed by atoms with van der Waals surface area (Å²) in [5.41, 5.74) is 1.54. The molecule has 2 fully saturated rings. The molecule has 176 valence electrons. The molecule has 0 atom stereocenters. The van der Waals surface area contributed by atoms with Crippen molar-refractivity contribution in [1.29, 1.82) is 0 Å². The van der Waals surface area contributed by atoms with Gasteiger partial charge in [0.1, 0.15) is 0 Å². The Kier molecular flexibility index (Phi) is 10.0. The number of ether oxygens (including phenoxy) is 1. The number of benzene rings is 1. The maximum atomic E-state index is 12.6. The molecule has 1 aromatic carbocycles. The van der Waals surface area contributed by atoms with Crippen LogP contribution in [0, 0.1) is 0 Å². The third-order valence-corrected chi connectivity index (χ3v) is 7.66. The van der Waals surface area contributed by atoms with Gasteiger partial charge in [0, 0.05) is 38.1 Å². The molecule has 1 aliphatic heterocycles. The lowest BCUT2D eigenvalue weighted by molar-refractivity contribution is 0.0904. The zero-order valence-electron chi connectivity index (χ0n) is 18.9. The average molecular weight is 565 g/mol. The second-order valence-electron chi connectivity index (χ2n) is 8.44. The van der Waals surface area contributed by atoms with E-state index in [1.165, 1.54) is 18.4 Å². The molecule has 0 unspecified atom stereocenters. The SMILES string of the molecule is CCNC(=NCC1(c2ccccc2)CC1)N1CCN(S(=O)(=O)CCOC(C)C)CC1.I. The fraction of sp³-hybridized carbons (Fsp3) is 0.682. The summed E-state index contributed by atoms with van der Waals surface area (Å²) in [5, 5.41) is 3.39. The molecule has 7 nitrogen and oxygen atoms in total. The molecule has 1 saturated heterocycles. The molecule has 0 aromatic heterocycles. The summed E-state index contributed by atoms with van der Waals surface area (Å²) >= 11 is 0. The van der Waals surface area contributed by atoms with Crippen molar-refractivity contribution in [2.24, 2.45) is 4.99 Å². The van der Waals surface area contributed by atoms with Gasteiger partial charge >= 0.3 is 0 Å². The summed E-state index contributed by atoms with van der Waals surface area (Å²) < 4.78 is 32.2. The highest BCUT2D eigenvalue weighted by molar-refractivity contribution is 14.0. The first-order chi connectivity index (χ1) is 14.4. The van der Waals surface area contributed by atoms with Gasteiger partial charge in [0.05, 0.1) is 25.0 Å². The van der Waals surface area contributed by atoms with E-state index in [1.54, 1.807) is 4.31 Å². The summed E-state index contributed by atoms with van der Waals surface area (Å²) in [7, 11) is -3.28. The predicted molar refractivity (Wildman–Crippen MR) is 137 cm³/mol. The first-order valence-corrected chi connectivity index (χ1v) is 12.7. The van der Waals surface area contributed by atoms with Crippen molar-refractivity contribution in [2.75, 3.05) is 51.6 Å². The summed E-state index contributed by atoms with van der Waals surface area (Å²) in [6.07, 6.45) is 2.39. The molecule has 0 amide bonds. The molecule has 0 bridgehead atoms. The van der Waals surface area contributed by atoms with Crippen LogP contribution in [0.5, 0.6) is 0 Å². The first kappa shape index (κ1) is 26.3. The summed E-state index contributed by atoms with van der Waals surface area (Å²) in [5.74, 6) is 0.929. The lowest BCUT2D eigenvalue weighted by Crippen LogP contribution is -2.54. The van der Waals surface area contributed by atoms with E-state index in [1.807, 2.05) is 13.8 Å². The van der Waals surface area contributed by atoms with Crippen LogP contribution in [0.2, 0.25) is 0 Å². The van der Waals surface area contributed by atoms with Gasteiger partial charge in [-0.1, -0.05) is 30.3 Å². The van der Waals surface area contributed by atoms with Gasteiger partial charge in [-0.15, -0.1) is 24.0 Å². The highest BCUT2D eigenvalue weighted by Gasteiger charge is 2.44. The van der Waals surface area contributed by atoms with E-state index in [2.05, 4.69) is 47.5 Å². The number of halogens is 1. The third-order valence-electron chi connectivity index (χ3n) is 5.83. The molecule has 1 saturated carbocycles. The molecule has 3 rings (SSSR count). The van der Waals surface area contributed by atoms with Crippen LogP contribution in [0.3, 0.4) is 0 Å². The Hall–Kier alpha value is -0.910. The van der Waals surface area contributed by atoms with E-state index in [0.29, 0.717) is 26.2 Å². The number of sulfonamides is 1. The van der Waals surface area contributed by atoms with Crippen LogP contribution in [0.15, 0.2) is 35.3 Å². The van der Waals surface area contributed by atoms with Gasteiger partial charge in [0.15, 0.2) is 5.96 Å². The van der Waals surface area contributed by atoms with E-state index in [-0.39, 0.29) is 47.9 Å². The highest BCUT2D eigenvalue weighted by atomic mass is 127. The predicted octanol–water partition coefficient (Wildman–Crippen LogP) is 2.67. The maximum absolute atomic E-state index is 12.6. The van der Waals surface area contributed by atoms with E-state index >= 15 is 0 Å². The van der Waals surface area contributed by atoms with Gasteiger partial charge in [-0.05, 0) is 39.2 Å². The number of rotatable bonds is 9. The quantitative estimate of drug-likeness (QED) is 0.284. The zero-order valence-corrected chi connectivity index (χ0v) is 22.1. The number of hydrogen-bond donors (Lipinski definition) is 1. The van der Waals surface area contributed by atoms with Crippen molar-refractivity contribution in [3.05, 3.63) is 35.9 Å². The topological polar surface area (TPSA) is 74.2 Å². The van der Waals surface area contributed by atoms with Gasteiger partial charge in [0.25, 0.3) is 0 Å². The van der Waals surface area contributed by atoms with Crippen LogP contribution in [0.1, 0.15) is 39.2 Å². The van der Waals surface area contributed by atoms with Crippen LogP contribution in [-0.2, 0) is 20.2 Å². The van der Waals surface area contributed by atoms with Crippen LogP contribution in [0.25, 0.3) is 0 Å². The molecule has 0 spiro atoms. The number of nitrogens with one attached hydrogen (secondary N) is 1. The largest absolute Gasteiger partial charge is 0.378 e. The minimum Gasteiger partial charge on any atom is -0.378 e. The van der Waals surface area contributed by atoms with E-state index in [9.17, 15) is 8.42 Å². The van der Waals surface area contributed by atoms with E-state index in [4.69, 9.17) is 9.73 Å². The maximum Gasteiger partial charge on any atom is 0.216 e. The summed E-state index contributed by atoms with van der Waals surface area (Å²) in [6.45, 7) is 9.96. The summed E-state index contributed by atoms with van der Waals surface area (Å²) in [6, 6.07) is 10.6. The standard InChI is InChI=1S/C22H36N4O3S.HI/c1-4-23-21(24-18-22(10-11-22)20-8-6-5-7-9-20)25-12-14-26(15-13-25)30(27,28)17-16-29-19(2)3;/h5-9,19H,4,10-18H2,1-3H3,(H,23,24);1H. The molecule has 1 aromatic rings. The Labute approximate surface area is 204 Å². The van der Waals surface area contributed by atoms with Crippen molar-refractivity contribution in [1.82, 2.24) is 14.5 Å². The lowest BCUT2D eigenvalue weighted by atomic mass is 9.96. The highest BCUT2D eigenvalue weighted by Crippen LogP contribution is 2.48. The second-order valence-corrected chi connectivity index (χ2v) is 10.5. The lowest BCUT2D eigenvalue weighted by Gasteiger charge is -2.36. The summed E-state index contributed by atoms with van der Waals surface area (Å²) in [4.78, 5) is 7.13. The molecule has 31 heavy (non-hydrogen) atoms. The Balaban J connectivity index is 0.00000341. The number of piperazine rings is 1. The zero-order chi connectivity index (χ0) is 21.6. The number of guanidine groups is 1. The second kappa shape index (κ2) is 11.8. The fourth-order valence-corrected chi connectivity index (χ4v) is 5.11. The number of nitrogens with zero attached hydrogens (tertiary/aromatic N) is 3. The molecule has 1 N–H and O–H groups in total. The van der Waals surface area contributed by atoms with E-state index < -0.39 is 10.0 Å². The first-order valence-electron chi connectivity index (χ1n) is 11.0. The minimum atomic E-state index is -3.28. The van der Waals surface area contributed by atoms with Crippen molar-refractivity contribution in [3.8, 4) is 0 Å². The average Bonchev–Trinajstić information content (AvgIpc) is 3.53. The van der Waals surface area contributed by atoms with Crippen molar-refractivity contribution in [3.63, 3.8) is 0 Å². The third kappa shape index (κ3) is 7.30. The smallest absolute Gasteiger partial charge is 0.216 e. The number of aliphatic imine (C=N–C) groups is 1. The monoisotopic (exact) mass is 564 g/mol. The van der Waals surface area contributed by atoms with Crippen molar-refractivity contribution >= 4 is 40.0 Å². The van der Waals surface area contributed by atoms with Gasteiger partial charge in [-0.2, -0.15) is 4.31 Å².